The molecule has 0 bridgehead atoms. The predicted octanol–water partition coefficient (Wildman–Crippen LogP) is 4.40. The number of nitrogens with one attached hydrogen (secondary N) is 1. The first-order valence-electron chi connectivity index (χ1n) is 12.4. The Morgan fingerprint density at radius 2 is 2.02 bits per heavy atom. The number of fused-ring (bicyclic) bond motifs is 1. The average Bonchev–Trinajstić information content (AvgIpc) is 3.40. The van der Waals surface area contributed by atoms with Gasteiger partial charge in [0.1, 0.15) is 18.2 Å². The van der Waals surface area contributed by atoms with E-state index in [1.54, 1.807) is 37.6 Å². The number of carboxylic acid groups (broad SMARTS) is 1. The maximum atomic E-state index is 14.7. The van der Waals surface area contributed by atoms with E-state index >= 15 is 0 Å². The van der Waals surface area contributed by atoms with Crippen LogP contribution in [0.5, 0.6) is 17.2 Å². The lowest BCUT2D eigenvalue weighted by molar-refractivity contribution is -0.118. The molecule has 1 atom stereocenters. The maximum absolute atomic E-state index is 14.7. The van der Waals surface area contributed by atoms with E-state index in [9.17, 15) is 29.0 Å². The molecular formula is C27H28FN3O8S. The largest absolute Gasteiger partial charge is 0.487 e. The number of thiazole rings is 1. The fraction of sp³-hybridized carbons (Fsp3) is 0.333. The van der Waals surface area contributed by atoms with Gasteiger partial charge in [0, 0.05) is 24.2 Å². The van der Waals surface area contributed by atoms with Gasteiger partial charge >= 0.3 is 12.1 Å². The van der Waals surface area contributed by atoms with Gasteiger partial charge in [-0.25, -0.2) is 19.0 Å². The molecule has 1 aliphatic rings. The summed E-state index contributed by atoms with van der Waals surface area (Å²) in [5, 5.41) is 24.1. The zero-order valence-corrected chi connectivity index (χ0v) is 22.6. The third-order valence-corrected chi connectivity index (χ3v) is 7.07. The minimum absolute atomic E-state index is 0.0356. The summed E-state index contributed by atoms with van der Waals surface area (Å²) in [5.74, 6) is -1.72. The number of anilines is 1. The SMILES string of the molecule is CCOC(=O)c1ccc(Oc2cc3c(cc2OCCO)CCN(C(=O)O)[C@]3(C)CC(=O)Nc2nccs2)cc1F. The Bertz CT molecular complexity index is 1400. The van der Waals surface area contributed by atoms with Crippen LogP contribution in [0, 0.1) is 5.82 Å². The zero-order chi connectivity index (χ0) is 28.9. The van der Waals surface area contributed by atoms with Crippen LogP contribution in [-0.2, 0) is 21.5 Å². The second-order valence-corrected chi connectivity index (χ2v) is 9.91. The Hall–Kier alpha value is -4.23. The van der Waals surface area contributed by atoms with E-state index in [-0.39, 0.29) is 55.6 Å². The summed E-state index contributed by atoms with van der Waals surface area (Å²) in [7, 11) is 0. The number of hydrogen-bond acceptors (Lipinski definition) is 9. The van der Waals surface area contributed by atoms with Crippen LogP contribution in [-0.4, -0.2) is 64.4 Å². The zero-order valence-electron chi connectivity index (χ0n) is 21.8. The van der Waals surface area contributed by atoms with Gasteiger partial charge in [-0.15, -0.1) is 11.3 Å². The van der Waals surface area contributed by atoms with Crippen molar-refractivity contribution >= 4 is 34.4 Å². The van der Waals surface area contributed by atoms with Crippen molar-refractivity contribution in [3.05, 3.63) is 64.4 Å². The van der Waals surface area contributed by atoms with E-state index in [4.69, 9.17) is 14.2 Å². The molecule has 3 N–H and O–H groups in total. The first-order valence-corrected chi connectivity index (χ1v) is 13.3. The summed E-state index contributed by atoms with van der Waals surface area (Å²) in [6, 6.07) is 6.86. The van der Waals surface area contributed by atoms with Crippen molar-refractivity contribution in [2.75, 3.05) is 31.7 Å². The highest BCUT2D eigenvalue weighted by atomic mass is 32.1. The molecule has 212 valence electrons. The van der Waals surface area contributed by atoms with Gasteiger partial charge in [-0.2, -0.15) is 0 Å². The van der Waals surface area contributed by atoms with Crippen molar-refractivity contribution < 1.29 is 43.2 Å². The number of esters is 1. The van der Waals surface area contributed by atoms with Gasteiger partial charge in [-0.1, -0.05) is 0 Å². The molecule has 0 unspecified atom stereocenters. The molecular weight excluding hydrogens is 545 g/mol. The molecule has 0 radical (unpaired) electrons. The first-order chi connectivity index (χ1) is 19.2. The van der Waals surface area contributed by atoms with Gasteiger partial charge in [-0.05, 0) is 55.7 Å². The number of carbonyl (C=O) groups is 3. The second-order valence-electron chi connectivity index (χ2n) is 9.01. The Morgan fingerprint density at radius 3 is 2.67 bits per heavy atom. The van der Waals surface area contributed by atoms with Crippen LogP contribution < -0.4 is 14.8 Å². The summed E-state index contributed by atoms with van der Waals surface area (Å²) in [4.78, 5) is 42.5. The Kier molecular flexibility index (Phi) is 8.85. The van der Waals surface area contributed by atoms with Gasteiger partial charge in [0.2, 0.25) is 5.91 Å². The summed E-state index contributed by atoms with van der Waals surface area (Å²) in [5.41, 5.74) is -0.322. The molecule has 0 aliphatic carbocycles. The van der Waals surface area contributed by atoms with E-state index in [1.165, 1.54) is 28.4 Å². The van der Waals surface area contributed by atoms with Crippen molar-refractivity contribution in [2.45, 2.75) is 32.2 Å². The van der Waals surface area contributed by atoms with Gasteiger partial charge < -0.3 is 29.7 Å². The summed E-state index contributed by atoms with van der Waals surface area (Å²) in [6.45, 7) is 3.14. The summed E-state index contributed by atoms with van der Waals surface area (Å²) < 4.78 is 31.2. The molecule has 1 aliphatic heterocycles. The Labute approximate surface area is 233 Å². The van der Waals surface area contributed by atoms with Crippen LogP contribution in [0.2, 0.25) is 0 Å². The molecule has 0 saturated heterocycles. The third-order valence-electron chi connectivity index (χ3n) is 6.38. The van der Waals surface area contributed by atoms with Crippen LogP contribution in [0.15, 0.2) is 41.9 Å². The number of nitrogens with zero attached hydrogens (tertiary/aromatic N) is 2. The van der Waals surface area contributed by atoms with Crippen molar-refractivity contribution in [3.63, 3.8) is 0 Å². The molecule has 2 heterocycles. The molecule has 11 nitrogen and oxygen atoms in total. The molecule has 13 heteroatoms. The lowest BCUT2D eigenvalue weighted by atomic mass is 9.79. The number of aliphatic hydroxyl groups excluding tert-OH is 1. The minimum Gasteiger partial charge on any atom is -0.487 e. The lowest BCUT2D eigenvalue weighted by Crippen LogP contribution is -2.52. The smallest absolute Gasteiger partial charge is 0.408 e. The van der Waals surface area contributed by atoms with Crippen molar-refractivity contribution in [1.29, 1.82) is 0 Å². The van der Waals surface area contributed by atoms with Gasteiger partial charge in [-0.3, -0.25) is 9.69 Å². The molecule has 0 spiro atoms. The number of ether oxygens (including phenoxy) is 3. The van der Waals surface area contributed by atoms with E-state index < -0.39 is 29.3 Å². The van der Waals surface area contributed by atoms with Gasteiger partial charge in [0.25, 0.3) is 0 Å². The van der Waals surface area contributed by atoms with Crippen LogP contribution >= 0.6 is 11.3 Å². The predicted molar refractivity (Wildman–Crippen MR) is 143 cm³/mol. The second kappa shape index (κ2) is 12.3. The fourth-order valence-electron chi connectivity index (χ4n) is 4.60. The number of benzene rings is 2. The number of rotatable bonds is 10. The number of hydrogen-bond donors (Lipinski definition) is 3. The number of carbonyl (C=O) groups excluding carboxylic acids is 2. The monoisotopic (exact) mass is 573 g/mol. The molecule has 2 amide bonds. The van der Waals surface area contributed by atoms with Crippen LogP contribution in [0.3, 0.4) is 0 Å². The molecule has 4 rings (SSSR count). The molecule has 0 fully saturated rings. The van der Waals surface area contributed by atoms with E-state index in [0.29, 0.717) is 17.1 Å². The molecule has 0 saturated carbocycles. The molecule has 40 heavy (non-hydrogen) atoms. The summed E-state index contributed by atoms with van der Waals surface area (Å²) >= 11 is 1.24. The van der Waals surface area contributed by atoms with Crippen molar-refractivity contribution in [3.8, 4) is 17.2 Å². The lowest BCUT2D eigenvalue weighted by Gasteiger charge is -2.44. The van der Waals surface area contributed by atoms with Crippen LogP contribution in [0.25, 0.3) is 0 Å². The third kappa shape index (κ3) is 6.15. The number of aliphatic hydroxyl groups is 1. The number of halogens is 1. The Balaban J connectivity index is 1.73. The highest BCUT2D eigenvalue weighted by Crippen LogP contribution is 2.44. The maximum Gasteiger partial charge on any atom is 0.408 e. The average molecular weight is 574 g/mol. The summed E-state index contributed by atoms with van der Waals surface area (Å²) in [6.07, 6.45) is 0.464. The molecule has 3 aromatic rings. The van der Waals surface area contributed by atoms with Crippen molar-refractivity contribution in [1.82, 2.24) is 9.88 Å². The van der Waals surface area contributed by atoms with Gasteiger partial charge in [0.15, 0.2) is 16.6 Å². The molecule has 1 aromatic heterocycles. The van der Waals surface area contributed by atoms with Crippen LogP contribution in [0.1, 0.15) is 41.8 Å². The van der Waals surface area contributed by atoms with E-state index in [1.807, 2.05) is 0 Å². The normalized spacial score (nSPS) is 16.1. The highest BCUT2D eigenvalue weighted by molar-refractivity contribution is 7.13. The Morgan fingerprint density at radius 1 is 1.23 bits per heavy atom. The fourth-order valence-corrected chi connectivity index (χ4v) is 5.15. The minimum atomic E-state index is -1.30. The topological polar surface area (TPSA) is 148 Å². The highest BCUT2D eigenvalue weighted by Gasteiger charge is 2.44. The number of amides is 2. The van der Waals surface area contributed by atoms with Gasteiger partial charge in [0.05, 0.1) is 30.7 Å². The van der Waals surface area contributed by atoms with E-state index in [2.05, 4.69) is 10.3 Å². The molecule has 2 aromatic carbocycles. The van der Waals surface area contributed by atoms with Crippen molar-refractivity contribution in [2.24, 2.45) is 0 Å². The first kappa shape index (κ1) is 28.8. The number of aromatic nitrogens is 1. The standard InChI is InChI=1S/C27H28FN3O8S/c1-3-37-24(34)18-5-4-17(13-20(18)28)39-22-14-19-16(12-21(22)38-10-9-32)6-8-31(26(35)36)27(19,2)15-23(33)30-25-29-7-11-40-25/h4-5,7,11-14,32H,3,6,8-10,15H2,1-2H3,(H,35,36)(H,29,30,33)/t27-/m1/s1. The van der Waals surface area contributed by atoms with Crippen LogP contribution in [0.4, 0.5) is 14.3 Å². The quantitative estimate of drug-likeness (QED) is 0.300. The van der Waals surface area contributed by atoms with E-state index in [0.717, 1.165) is 11.6 Å².